The summed E-state index contributed by atoms with van der Waals surface area (Å²) in [5, 5.41) is 11.3. The first kappa shape index (κ1) is 8.61. The predicted octanol–water partition coefficient (Wildman–Crippen LogP) is -2.29. The molecule has 0 saturated carbocycles. The number of hydrogen-bond acceptors (Lipinski definition) is 4. The predicted molar refractivity (Wildman–Crippen MR) is 35.6 cm³/mol. The maximum absolute atomic E-state index is 9.64. The van der Waals surface area contributed by atoms with Gasteiger partial charge in [0.05, 0.1) is 12.3 Å². The van der Waals surface area contributed by atoms with Gasteiger partial charge in [-0.15, -0.1) is 0 Å². The van der Waals surface area contributed by atoms with Gasteiger partial charge in [-0.1, -0.05) is 0 Å². The average Bonchev–Trinajstić information content (AvgIpc) is 1.89. The number of nitrogens with two attached hydrogens (primary N) is 1. The van der Waals surface area contributed by atoms with Crippen molar-refractivity contribution < 1.29 is 9.90 Å². The third kappa shape index (κ3) is 5.49. The Morgan fingerprint density at radius 1 is 1.89 bits per heavy atom. The second-order valence-corrected chi connectivity index (χ2v) is 1.60. The molecule has 0 saturated heterocycles. The number of rotatable bonds is 5. The lowest BCUT2D eigenvalue weighted by Crippen LogP contribution is -2.34. The summed E-state index contributed by atoms with van der Waals surface area (Å²) in [7, 11) is 1.22. The molecule has 1 atom stereocenters. The van der Waals surface area contributed by atoms with Gasteiger partial charge in [-0.3, -0.25) is 0 Å². The average molecular weight is 129 g/mol. The lowest BCUT2D eigenvalue weighted by molar-refractivity contribution is 0.187. The van der Waals surface area contributed by atoms with E-state index in [9.17, 15) is 4.79 Å². The fourth-order valence-corrected chi connectivity index (χ4v) is 0.336. The van der Waals surface area contributed by atoms with E-state index in [1.807, 2.05) is 0 Å². The molecule has 0 rings (SSSR count). The molecule has 0 amide bonds. The monoisotopic (exact) mass is 129 g/mol. The van der Waals surface area contributed by atoms with Crippen LogP contribution in [0.4, 0.5) is 0 Å². The summed E-state index contributed by atoms with van der Waals surface area (Å²) in [5.74, 6) is 0. The van der Waals surface area contributed by atoms with Crippen LogP contribution in [0.3, 0.4) is 0 Å². The second kappa shape index (κ2) is 5.75. The Labute approximate surface area is 54.7 Å². The molecule has 9 heavy (non-hydrogen) atoms. The van der Waals surface area contributed by atoms with Crippen molar-refractivity contribution in [2.45, 2.75) is 6.10 Å². The number of nitrogens with one attached hydrogen (secondary N) is 1. The Balaban J connectivity index is 2.96. The highest BCUT2D eigenvalue weighted by Gasteiger charge is 1.97. The van der Waals surface area contributed by atoms with Gasteiger partial charge in [-0.2, -0.15) is 0 Å². The van der Waals surface area contributed by atoms with Gasteiger partial charge in [0.25, 0.3) is 7.41 Å². The number of carbonyl (C=O) groups is 1. The molecule has 0 bridgehead atoms. The van der Waals surface area contributed by atoms with Crippen molar-refractivity contribution >= 4 is 13.6 Å². The molecule has 1 unspecified atom stereocenters. The SMILES string of the molecule is NCC(O)CN[B]C=O. The molecule has 4 N–H and O–H groups in total. The highest BCUT2D eigenvalue weighted by atomic mass is 16.3. The lowest BCUT2D eigenvalue weighted by atomic mass is 9.99. The number of aliphatic hydroxyl groups excluding tert-OH is 1. The third-order valence-electron chi connectivity index (χ3n) is 0.811. The van der Waals surface area contributed by atoms with E-state index in [-0.39, 0.29) is 6.54 Å². The van der Waals surface area contributed by atoms with E-state index in [0.717, 1.165) is 0 Å². The summed E-state index contributed by atoms with van der Waals surface area (Å²) < 4.78 is 0. The van der Waals surface area contributed by atoms with Crippen LogP contribution in [-0.4, -0.2) is 37.9 Å². The minimum absolute atomic E-state index is 0.208. The zero-order chi connectivity index (χ0) is 7.11. The van der Waals surface area contributed by atoms with E-state index in [1.54, 1.807) is 0 Å². The van der Waals surface area contributed by atoms with Gasteiger partial charge in [0.15, 0.2) is 0 Å². The van der Waals surface area contributed by atoms with Crippen LogP contribution < -0.4 is 11.0 Å². The fraction of sp³-hybridized carbons (Fsp3) is 0.750. The van der Waals surface area contributed by atoms with E-state index in [0.29, 0.717) is 12.7 Å². The minimum Gasteiger partial charge on any atom is -0.391 e. The van der Waals surface area contributed by atoms with Crippen LogP contribution in [0.15, 0.2) is 0 Å². The van der Waals surface area contributed by atoms with Gasteiger partial charge in [0.1, 0.15) is 0 Å². The highest BCUT2D eigenvalue weighted by Crippen LogP contribution is 1.70. The molecule has 0 aromatic carbocycles. The highest BCUT2D eigenvalue weighted by molar-refractivity contribution is 6.64. The zero-order valence-electron chi connectivity index (χ0n) is 5.08. The Hall–Kier alpha value is -0.385. The van der Waals surface area contributed by atoms with Crippen LogP contribution in [0, 0.1) is 0 Å². The Morgan fingerprint density at radius 2 is 2.56 bits per heavy atom. The van der Waals surface area contributed by atoms with Crippen LogP contribution in [0.1, 0.15) is 0 Å². The molecule has 5 heteroatoms. The molecule has 4 nitrogen and oxygen atoms in total. The first-order chi connectivity index (χ1) is 4.31. The summed E-state index contributed by atoms with van der Waals surface area (Å²) in [6.45, 7) is 0.537. The molecule has 1 radical (unpaired) electrons. The maximum atomic E-state index is 9.64. The van der Waals surface area contributed by atoms with Crippen LogP contribution in [0.2, 0.25) is 0 Å². The molecule has 0 aromatic rings. The molecule has 0 aliphatic rings. The molecule has 51 valence electrons. The second-order valence-electron chi connectivity index (χ2n) is 1.60. The van der Waals surface area contributed by atoms with Gasteiger partial charge >= 0.3 is 0 Å². The summed E-state index contributed by atoms with van der Waals surface area (Å²) in [4.78, 5) is 9.64. The van der Waals surface area contributed by atoms with Crippen LogP contribution in [0.5, 0.6) is 0 Å². The molecule has 0 spiro atoms. The zero-order valence-corrected chi connectivity index (χ0v) is 5.08. The van der Waals surface area contributed by atoms with Gasteiger partial charge in [-0.25, -0.2) is 0 Å². The Kier molecular flexibility index (Phi) is 5.50. The smallest absolute Gasteiger partial charge is 0.290 e. The van der Waals surface area contributed by atoms with E-state index in [2.05, 4.69) is 5.23 Å². The first-order valence-electron chi connectivity index (χ1n) is 2.69. The Bertz CT molecular complexity index is 81.0. The molecule has 0 aliphatic carbocycles. The van der Waals surface area contributed by atoms with Crippen LogP contribution >= 0.6 is 0 Å². The van der Waals surface area contributed by atoms with Gasteiger partial charge in [0, 0.05) is 13.1 Å². The van der Waals surface area contributed by atoms with E-state index >= 15 is 0 Å². The lowest BCUT2D eigenvalue weighted by Gasteiger charge is -2.05. The van der Waals surface area contributed by atoms with Crippen molar-refractivity contribution in [3.05, 3.63) is 0 Å². The van der Waals surface area contributed by atoms with E-state index < -0.39 is 6.10 Å². The third-order valence-corrected chi connectivity index (χ3v) is 0.811. The van der Waals surface area contributed by atoms with Crippen molar-refractivity contribution in [2.24, 2.45) is 5.73 Å². The summed E-state index contributed by atoms with van der Waals surface area (Å²) in [6, 6.07) is 0. The molecule has 0 aromatic heterocycles. The number of carbonyl (C=O) groups excluding carboxylic acids is 1. The van der Waals surface area contributed by atoms with Gasteiger partial charge in [0.2, 0.25) is 0 Å². The largest absolute Gasteiger partial charge is 0.391 e. The van der Waals surface area contributed by atoms with E-state index in [4.69, 9.17) is 10.8 Å². The fourth-order valence-electron chi connectivity index (χ4n) is 0.336. The Morgan fingerprint density at radius 3 is 3.00 bits per heavy atom. The molecule has 0 heterocycles. The van der Waals surface area contributed by atoms with Crippen LogP contribution in [0.25, 0.3) is 0 Å². The van der Waals surface area contributed by atoms with Crippen molar-refractivity contribution in [1.82, 2.24) is 5.23 Å². The quantitative estimate of drug-likeness (QED) is 0.222. The van der Waals surface area contributed by atoms with Crippen molar-refractivity contribution in [1.29, 1.82) is 0 Å². The number of hydrogen-bond donors (Lipinski definition) is 3. The summed E-state index contributed by atoms with van der Waals surface area (Å²) in [6.07, 6.45) is 0.0460. The normalized spacial score (nSPS) is 12.7. The number of aliphatic hydroxyl groups is 1. The summed E-state index contributed by atoms with van der Waals surface area (Å²) >= 11 is 0. The minimum atomic E-state index is -0.568. The van der Waals surface area contributed by atoms with E-state index in [1.165, 1.54) is 7.41 Å². The van der Waals surface area contributed by atoms with Crippen molar-refractivity contribution in [3.63, 3.8) is 0 Å². The molecular formula is C4H10BN2O2. The van der Waals surface area contributed by atoms with Crippen molar-refractivity contribution in [2.75, 3.05) is 13.1 Å². The topological polar surface area (TPSA) is 75.3 Å². The molecule has 0 fully saturated rings. The first-order valence-corrected chi connectivity index (χ1v) is 2.69. The maximum Gasteiger partial charge on any atom is 0.290 e. The van der Waals surface area contributed by atoms with Crippen molar-refractivity contribution in [3.8, 4) is 0 Å². The van der Waals surface area contributed by atoms with Gasteiger partial charge in [-0.05, 0) is 0 Å². The van der Waals surface area contributed by atoms with Gasteiger partial charge < -0.3 is 20.9 Å². The summed E-state index contributed by atoms with van der Waals surface area (Å²) in [5.41, 5.74) is 5.06. The molecular weight excluding hydrogens is 119 g/mol. The van der Waals surface area contributed by atoms with Crippen LogP contribution in [-0.2, 0) is 4.79 Å². The standard InChI is InChI=1S/C4H10BN2O2/c6-1-4(9)2-7-5-3-8/h3-4,7,9H,1-2,6H2. The molecule has 0 aliphatic heterocycles.